The summed E-state index contributed by atoms with van der Waals surface area (Å²) in [5.74, 6) is 1.49. The highest BCUT2D eigenvalue weighted by Crippen LogP contribution is 2.24. The molecule has 0 bridgehead atoms. The number of thiophene rings is 1. The second-order valence-corrected chi connectivity index (χ2v) is 7.34. The van der Waals surface area contributed by atoms with Gasteiger partial charge in [-0.15, -0.1) is 11.3 Å². The molecule has 0 aliphatic heterocycles. The summed E-state index contributed by atoms with van der Waals surface area (Å²) in [6.07, 6.45) is 1.55. The van der Waals surface area contributed by atoms with Gasteiger partial charge in [0.05, 0.1) is 33.9 Å². The number of ether oxygens (including phenoxy) is 1. The fraction of sp³-hybridized carbons (Fsp3) is 0.190. The highest BCUT2D eigenvalue weighted by molar-refractivity contribution is 7.13. The van der Waals surface area contributed by atoms with E-state index in [9.17, 15) is 4.79 Å². The number of aryl methyl sites for hydroxylation is 2. The van der Waals surface area contributed by atoms with E-state index in [0.29, 0.717) is 28.7 Å². The highest BCUT2D eigenvalue weighted by atomic mass is 32.1. The van der Waals surface area contributed by atoms with Crippen LogP contribution in [0, 0.1) is 13.8 Å². The van der Waals surface area contributed by atoms with Crippen molar-refractivity contribution in [3.05, 3.63) is 76.3 Å². The van der Waals surface area contributed by atoms with Crippen LogP contribution in [0.3, 0.4) is 0 Å². The Labute approximate surface area is 171 Å². The van der Waals surface area contributed by atoms with Gasteiger partial charge in [-0.25, -0.2) is 4.98 Å². The predicted octanol–water partition coefficient (Wildman–Crippen LogP) is 4.52. The van der Waals surface area contributed by atoms with Gasteiger partial charge in [0.15, 0.2) is 0 Å². The molecule has 1 amide bonds. The van der Waals surface area contributed by atoms with Gasteiger partial charge in [0.25, 0.3) is 5.91 Å². The van der Waals surface area contributed by atoms with Crippen molar-refractivity contribution in [3.8, 4) is 16.5 Å². The fourth-order valence-electron chi connectivity index (χ4n) is 2.81. The number of hydrogen-bond acceptors (Lipinski definition) is 7. The van der Waals surface area contributed by atoms with Crippen molar-refractivity contribution in [2.24, 2.45) is 0 Å². The first-order chi connectivity index (χ1) is 14.1. The van der Waals surface area contributed by atoms with Crippen LogP contribution in [0.15, 0.2) is 57.0 Å². The molecule has 0 fully saturated rings. The average molecular weight is 409 g/mol. The largest absolute Gasteiger partial charge is 0.488 e. The summed E-state index contributed by atoms with van der Waals surface area (Å²) in [7, 11) is 0. The molecule has 0 saturated heterocycles. The van der Waals surface area contributed by atoms with Crippen LogP contribution in [-0.2, 0) is 13.2 Å². The Morgan fingerprint density at radius 3 is 2.83 bits per heavy atom. The van der Waals surface area contributed by atoms with Crippen molar-refractivity contribution in [3.63, 3.8) is 0 Å². The molecule has 4 aromatic rings. The lowest BCUT2D eigenvalue weighted by Gasteiger charge is -2.11. The molecule has 4 rings (SSSR count). The summed E-state index contributed by atoms with van der Waals surface area (Å²) >= 11 is 1.55. The van der Waals surface area contributed by atoms with E-state index in [1.54, 1.807) is 35.8 Å². The molecule has 3 aromatic heterocycles. The first kappa shape index (κ1) is 18.9. The Morgan fingerprint density at radius 1 is 1.21 bits per heavy atom. The highest BCUT2D eigenvalue weighted by Gasteiger charge is 2.15. The van der Waals surface area contributed by atoms with Crippen molar-refractivity contribution in [1.29, 1.82) is 0 Å². The molecule has 1 aromatic carbocycles. The Balaban J connectivity index is 1.41. The third kappa shape index (κ3) is 4.22. The van der Waals surface area contributed by atoms with Gasteiger partial charge in [-0.05, 0) is 37.4 Å². The number of rotatable bonds is 7. The minimum absolute atomic E-state index is 0.250. The molecule has 148 valence electrons. The number of para-hydroxylation sites is 1. The Bertz CT molecular complexity index is 1100. The predicted molar refractivity (Wildman–Crippen MR) is 108 cm³/mol. The lowest BCUT2D eigenvalue weighted by molar-refractivity contribution is 0.0946. The lowest BCUT2D eigenvalue weighted by atomic mass is 10.1. The van der Waals surface area contributed by atoms with Crippen LogP contribution >= 0.6 is 11.3 Å². The number of nitrogens with one attached hydrogen (secondary N) is 1. The van der Waals surface area contributed by atoms with Gasteiger partial charge >= 0.3 is 0 Å². The van der Waals surface area contributed by atoms with Gasteiger partial charge in [-0.2, -0.15) is 0 Å². The number of carbonyl (C=O) groups is 1. The third-order valence-corrected chi connectivity index (χ3v) is 5.26. The van der Waals surface area contributed by atoms with E-state index in [4.69, 9.17) is 13.7 Å². The number of benzene rings is 1. The number of aromatic nitrogens is 2. The van der Waals surface area contributed by atoms with Gasteiger partial charge < -0.3 is 19.0 Å². The summed E-state index contributed by atoms with van der Waals surface area (Å²) < 4.78 is 16.5. The first-order valence-electron chi connectivity index (χ1n) is 9.02. The van der Waals surface area contributed by atoms with Crippen LogP contribution in [0.2, 0.25) is 0 Å². The minimum atomic E-state index is -0.250. The number of hydrogen-bond donors (Lipinski definition) is 1. The summed E-state index contributed by atoms with van der Waals surface area (Å²) in [4.78, 5) is 18.0. The zero-order valence-electron chi connectivity index (χ0n) is 16.0. The van der Waals surface area contributed by atoms with Gasteiger partial charge in [0, 0.05) is 0 Å². The van der Waals surface area contributed by atoms with Gasteiger partial charge in [0.2, 0.25) is 5.89 Å². The second-order valence-electron chi connectivity index (χ2n) is 6.39. The minimum Gasteiger partial charge on any atom is -0.488 e. The van der Waals surface area contributed by atoms with Crippen LogP contribution in [0.4, 0.5) is 0 Å². The molecule has 0 radical (unpaired) electrons. The monoisotopic (exact) mass is 409 g/mol. The molecule has 0 unspecified atom stereocenters. The maximum Gasteiger partial charge on any atom is 0.255 e. The normalized spacial score (nSPS) is 10.8. The molecule has 7 nitrogen and oxygen atoms in total. The average Bonchev–Trinajstić information content (AvgIpc) is 3.47. The van der Waals surface area contributed by atoms with Crippen LogP contribution < -0.4 is 10.1 Å². The molecule has 0 atom stereocenters. The van der Waals surface area contributed by atoms with Crippen molar-refractivity contribution in [2.45, 2.75) is 27.0 Å². The summed E-state index contributed by atoms with van der Waals surface area (Å²) in [5.41, 5.74) is 2.75. The van der Waals surface area contributed by atoms with Gasteiger partial charge in [-0.3, -0.25) is 4.79 Å². The van der Waals surface area contributed by atoms with E-state index in [-0.39, 0.29) is 19.1 Å². The van der Waals surface area contributed by atoms with Crippen molar-refractivity contribution in [1.82, 2.24) is 15.5 Å². The molecule has 0 saturated carbocycles. The standard InChI is InChI=1S/C21H19N3O4S/c1-13-17(14(2)28-24-13)12-26-18-7-4-3-6-16(18)20(25)22-10-15-11-27-21(23-15)19-8-5-9-29-19/h3-9,11H,10,12H2,1-2H3,(H,22,25). The van der Waals surface area contributed by atoms with Gasteiger partial charge in [0.1, 0.15) is 24.4 Å². The van der Waals surface area contributed by atoms with E-state index < -0.39 is 0 Å². The van der Waals surface area contributed by atoms with Crippen LogP contribution in [-0.4, -0.2) is 16.0 Å². The molecule has 8 heteroatoms. The number of nitrogens with zero attached hydrogens (tertiary/aromatic N) is 2. The number of oxazole rings is 1. The van der Waals surface area contributed by atoms with E-state index >= 15 is 0 Å². The Hall–Kier alpha value is -3.39. The van der Waals surface area contributed by atoms with Crippen LogP contribution in [0.5, 0.6) is 5.75 Å². The molecule has 3 heterocycles. The van der Waals surface area contributed by atoms with Crippen LogP contribution in [0.1, 0.15) is 33.1 Å². The zero-order valence-corrected chi connectivity index (χ0v) is 16.8. The first-order valence-corrected chi connectivity index (χ1v) is 9.90. The molecular formula is C21H19N3O4S. The topological polar surface area (TPSA) is 90.4 Å². The van der Waals surface area contributed by atoms with E-state index in [1.165, 1.54) is 0 Å². The second kappa shape index (κ2) is 8.32. The van der Waals surface area contributed by atoms with Crippen molar-refractivity contribution < 1.29 is 18.5 Å². The Kier molecular flexibility index (Phi) is 5.44. The van der Waals surface area contributed by atoms with Gasteiger partial charge in [-0.1, -0.05) is 23.4 Å². The van der Waals surface area contributed by atoms with Crippen molar-refractivity contribution in [2.75, 3.05) is 0 Å². The molecule has 1 N–H and O–H groups in total. The summed E-state index contributed by atoms with van der Waals surface area (Å²) in [5, 5.41) is 8.74. The summed E-state index contributed by atoms with van der Waals surface area (Å²) in [6, 6.07) is 11.0. The van der Waals surface area contributed by atoms with E-state index in [2.05, 4.69) is 15.5 Å². The molecule has 0 aliphatic carbocycles. The Morgan fingerprint density at radius 2 is 2.07 bits per heavy atom. The maximum atomic E-state index is 12.7. The van der Waals surface area contributed by atoms with E-state index in [0.717, 1.165) is 16.1 Å². The molecule has 0 spiro atoms. The fourth-order valence-corrected chi connectivity index (χ4v) is 3.46. The smallest absolute Gasteiger partial charge is 0.255 e. The van der Waals surface area contributed by atoms with Crippen LogP contribution in [0.25, 0.3) is 10.8 Å². The lowest BCUT2D eigenvalue weighted by Crippen LogP contribution is -2.23. The summed E-state index contributed by atoms with van der Waals surface area (Å²) in [6.45, 7) is 4.22. The maximum absolute atomic E-state index is 12.7. The van der Waals surface area contributed by atoms with E-state index in [1.807, 2.05) is 37.4 Å². The number of amides is 1. The SMILES string of the molecule is Cc1noc(C)c1COc1ccccc1C(=O)NCc1coc(-c2cccs2)n1. The van der Waals surface area contributed by atoms with Crippen molar-refractivity contribution >= 4 is 17.2 Å². The number of carbonyl (C=O) groups excluding carboxylic acids is 1. The molecular weight excluding hydrogens is 390 g/mol. The third-order valence-electron chi connectivity index (χ3n) is 4.40. The molecule has 29 heavy (non-hydrogen) atoms. The molecule has 0 aliphatic rings. The quantitative estimate of drug-likeness (QED) is 0.483. The zero-order chi connectivity index (χ0) is 20.2.